The van der Waals surface area contributed by atoms with E-state index < -0.39 is 191 Å². The van der Waals surface area contributed by atoms with Gasteiger partial charge in [0.05, 0.1) is 37.1 Å². The van der Waals surface area contributed by atoms with Crippen LogP contribution in [0.5, 0.6) is 0 Å². The van der Waals surface area contributed by atoms with E-state index in [-0.39, 0.29) is 28.8 Å². The van der Waals surface area contributed by atoms with E-state index in [1.54, 1.807) is 0 Å². The molecule has 6 fully saturated rings. The van der Waals surface area contributed by atoms with Gasteiger partial charge in [0.1, 0.15) is 116 Å². The van der Waals surface area contributed by atoms with Crippen molar-refractivity contribution in [2.75, 3.05) is 56.2 Å². The van der Waals surface area contributed by atoms with E-state index in [1.807, 2.05) is 6.92 Å². The first-order chi connectivity index (χ1) is 35.5. The van der Waals surface area contributed by atoms with Gasteiger partial charge < -0.3 is 139 Å². The van der Waals surface area contributed by atoms with Gasteiger partial charge in [0.25, 0.3) is 0 Å². The van der Waals surface area contributed by atoms with Crippen LogP contribution in [0.3, 0.4) is 0 Å². The van der Waals surface area contributed by atoms with Gasteiger partial charge in [-0.25, -0.2) is 0 Å². The first-order valence-electron chi connectivity index (χ1n) is 24.0. The van der Waals surface area contributed by atoms with Crippen LogP contribution in [-0.4, -0.2) is 322 Å². The summed E-state index contributed by atoms with van der Waals surface area (Å²) in [5, 5.41) is 160. The number of unbranched alkanes of at least 4 members (excludes halogenated alkanes) is 1. The summed E-state index contributed by atoms with van der Waals surface area (Å²) in [5.41, 5.74) is 0. The van der Waals surface area contributed by atoms with Crippen molar-refractivity contribution in [1.82, 2.24) is 0 Å². The Morgan fingerprint density at radius 1 is 0.333 bits per heavy atom. The molecule has 6 aliphatic rings. The van der Waals surface area contributed by atoms with Crippen molar-refractivity contribution >= 4 is 63.1 Å². The molecule has 6 saturated heterocycles. The molecule has 0 aromatic carbocycles. The van der Waals surface area contributed by atoms with Gasteiger partial charge in [0.15, 0.2) is 37.7 Å². The molecule has 75 heavy (non-hydrogen) atoms. The van der Waals surface area contributed by atoms with Crippen LogP contribution in [0.25, 0.3) is 0 Å². The molecule has 0 amide bonds. The second-order valence-electron chi connectivity index (χ2n) is 18.2. The topological polar surface area (TPSA) is 434 Å². The Balaban J connectivity index is 0.000000244. The number of rotatable bonds is 18. The van der Waals surface area contributed by atoms with Crippen LogP contribution in [0.4, 0.5) is 0 Å². The minimum absolute atomic E-state index is 0.0495. The zero-order valence-electron chi connectivity index (χ0n) is 41.0. The predicted molar refractivity (Wildman–Crippen MR) is 268 cm³/mol. The van der Waals surface area contributed by atoms with Gasteiger partial charge in [0, 0.05) is 49.6 Å². The molecule has 0 radical (unpaired) electrons. The quantitative estimate of drug-likeness (QED) is 0.0448. The van der Waals surface area contributed by atoms with Crippen LogP contribution >= 0.6 is 63.1 Å². The Hall–Kier alpha value is 0.630. The minimum atomic E-state index is -1.61. The molecule has 28 nitrogen and oxygen atoms in total. The Kier molecular flexibility index (Phi) is 29.5. The third-order valence-electron chi connectivity index (χ3n) is 13.1. The molecule has 12 unspecified atom stereocenters. The number of thiol groups is 5. The van der Waals surface area contributed by atoms with Crippen molar-refractivity contribution < 1.29 is 139 Å². The molecule has 0 aromatic rings. The van der Waals surface area contributed by atoms with Crippen molar-refractivity contribution in [3.8, 4) is 0 Å². The molecule has 6 rings (SSSR count). The second kappa shape index (κ2) is 32.5. The van der Waals surface area contributed by atoms with Gasteiger partial charge in [-0.15, -0.1) is 0 Å². The predicted octanol–water partition coefficient (Wildman–Crippen LogP) is -8.37. The highest BCUT2D eigenvalue weighted by Gasteiger charge is 2.54. The summed E-state index contributed by atoms with van der Waals surface area (Å²) in [6, 6.07) is 0. The number of hydrogen-bond acceptors (Lipinski definition) is 33. The highest BCUT2D eigenvalue weighted by Crippen LogP contribution is 2.34. The summed E-state index contributed by atoms with van der Waals surface area (Å²) >= 11 is 20.3. The Morgan fingerprint density at radius 3 is 0.880 bits per heavy atom. The van der Waals surface area contributed by atoms with Crippen LogP contribution in [0.2, 0.25) is 0 Å². The van der Waals surface area contributed by atoms with Gasteiger partial charge in [-0.1, -0.05) is 13.3 Å². The third kappa shape index (κ3) is 16.7. The molecule has 33 heteroatoms. The maximum absolute atomic E-state index is 10.4. The maximum Gasteiger partial charge on any atom is 0.187 e. The van der Waals surface area contributed by atoms with Crippen LogP contribution in [-0.2, 0) is 56.8 Å². The number of hydrogen-bond donors (Lipinski definition) is 21. The summed E-state index contributed by atoms with van der Waals surface area (Å²) in [4.78, 5) is 0. The average molecular weight is 1190 g/mol. The van der Waals surface area contributed by atoms with Crippen LogP contribution in [0.15, 0.2) is 0 Å². The fourth-order valence-corrected chi connectivity index (χ4v) is 10.0. The molecule has 0 bridgehead atoms. The number of methoxy groups -OCH3 is 2. The summed E-state index contributed by atoms with van der Waals surface area (Å²) in [5.74, 6) is 0.488. The molecule has 6 heterocycles. The molecular weight excluding hydrogens is 1110 g/mol. The summed E-state index contributed by atoms with van der Waals surface area (Å²) in [6.45, 7) is 1.73. The largest absolute Gasteiger partial charge is 0.394 e. The molecule has 6 aliphatic heterocycles. The van der Waals surface area contributed by atoms with Crippen molar-refractivity contribution in [2.24, 2.45) is 0 Å². The van der Waals surface area contributed by atoms with Crippen molar-refractivity contribution in [2.45, 2.75) is 204 Å². The first kappa shape index (κ1) is 68.1. The zero-order valence-corrected chi connectivity index (χ0v) is 45.4. The molecule has 30 atom stereocenters. The highest BCUT2D eigenvalue weighted by molar-refractivity contribution is 7.80. The summed E-state index contributed by atoms with van der Waals surface area (Å²) in [6.07, 6.45) is -36.2. The van der Waals surface area contributed by atoms with Gasteiger partial charge >= 0.3 is 0 Å². The van der Waals surface area contributed by atoms with Gasteiger partial charge in [-0.3, -0.25) is 0 Å². The lowest BCUT2D eigenvalue weighted by Crippen LogP contribution is -2.64. The molecular formula is C42H78O28S5. The Bertz CT molecular complexity index is 1520. The van der Waals surface area contributed by atoms with Gasteiger partial charge in [-0.2, -0.15) is 63.1 Å². The van der Waals surface area contributed by atoms with E-state index in [4.69, 9.17) is 56.8 Å². The van der Waals surface area contributed by atoms with Crippen LogP contribution in [0.1, 0.15) is 19.8 Å². The van der Waals surface area contributed by atoms with E-state index in [9.17, 15) is 81.7 Å². The van der Waals surface area contributed by atoms with Crippen LogP contribution in [0, 0.1) is 0 Å². The smallest absolute Gasteiger partial charge is 0.187 e. The van der Waals surface area contributed by atoms with Gasteiger partial charge in [-0.05, 0) is 6.42 Å². The zero-order chi connectivity index (χ0) is 56.2. The fraction of sp³-hybridized carbons (Fsp3) is 1.00. The second-order valence-corrected chi connectivity index (χ2v) is 20.0. The minimum Gasteiger partial charge on any atom is -0.394 e. The first-order valence-corrected chi connectivity index (χ1v) is 27.1. The Morgan fingerprint density at radius 2 is 0.600 bits per heavy atom. The van der Waals surface area contributed by atoms with E-state index >= 15 is 0 Å². The Labute approximate surface area is 460 Å². The molecule has 16 N–H and O–H groups in total. The lowest BCUT2D eigenvalue weighted by Gasteiger charge is -2.46. The van der Waals surface area contributed by atoms with E-state index in [2.05, 4.69) is 63.1 Å². The van der Waals surface area contributed by atoms with E-state index in [1.165, 1.54) is 14.2 Å². The van der Waals surface area contributed by atoms with Crippen molar-refractivity contribution in [3.63, 3.8) is 0 Å². The monoisotopic (exact) mass is 1190 g/mol. The van der Waals surface area contributed by atoms with E-state index in [0.717, 1.165) is 12.8 Å². The average Bonchev–Trinajstić information content (AvgIpc) is 3.41. The summed E-state index contributed by atoms with van der Waals surface area (Å²) < 4.78 is 64.5. The molecule has 444 valence electrons. The number of aliphatic hydroxyl groups is 16. The number of ether oxygens (including phenoxy) is 12. The van der Waals surface area contributed by atoms with Crippen LogP contribution < -0.4 is 0 Å². The normalized spacial score (nSPS) is 48.5. The summed E-state index contributed by atoms with van der Waals surface area (Å²) in [7, 11) is 2.64. The SMILES string of the molecule is CCCCO[C@@H]1OC(CO)[C@@H](O[C@@H]2OC(CS)[C@H](O)[C@H](O)C2O)[C@H](O)C1O.CO[C@@H]1OC(CS)[C@@H](O[C@@H]2OC(CS)[C@@H](O)[C@H](O)C2O)[C@H](O)C1O.CO[C@@H]1OC(CS)[C@@H](O[C@@H]2OC(CS)[C@H](O)[C@H](O)C2O)[C@H](O)C1O. The fourth-order valence-electron chi connectivity index (χ4n) is 8.54. The third-order valence-corrected chi connectivity index (χ3v) is 14.9. The number of aliphatic hydroxyl groups excluding tert-OH is 16. The lowest BCUT2D eigenvalue weighted by atomic mass is 9.97. The molecule has 0 saturated carbocycles. The standard InChI is InChI=1S/C16H30O10S.2C13H24O9S2/c1-2-3-4-23-15-13(22)11(20)14(7(5-17)24-15)26-16-12(21)10(19)9(18)8(6-27)25-16;2*1-19-12-10(18)8(16)11(5(3-24)21-12)22-13-9(17)7(15)6(14)4(2-23)20-13/h7-22,27H,2-6H2,1H3;2*4-18,23-24H,2-3H2,1H3/t7?,8?,9-,10-,11+,12?,13?,14+,15+,16-;4?,5?,6-,7+,8-,9?,10?,11-,12-,13+;4?,5?,6-,7-,8+,9?,10?,11+,12+,13-/m010/s1. The lowest BCUT2D eigenvalue weighted by molar-refractivity contribution is -0.356. The van der Waals surface area contributed by atoms with Gasteiger partial charge in [0.2, 0.25) is 0 Å². The molecule has 0 spiro atoms. The van der Waals surface area contributed by atoms with Crippen molar-refractivity contribution in [3.05, 3.63) is 0 Å². The maximum atomic E-state index is 10.4. The molecule has 0 aliphatic carbocycles. The van der Waals surface area contributed by atoms with E-state index in [0.29, 0.717) is 6.61 Å². The highest BCUT2D eigenvalue weighted by atomic mass is 32.1. The molecule has 0 aromatic heterocycles. The van der Waals surface area contributed by atoms with Crippen molar-refractivity contribution in [1.29, 1.82) is 0 Å².